The van der Waals surface area contributed by atoms with Gasteiger partial charge in [0.1, 0.15) is 0 Å². The minimum atomic E-state index is 0.681. The molecule has 0 radical (unpaired) electrons. The minimum Gasteiger partial charge on any atom is -0.333 e. The van der Waals surface area contributed by atoms with Gasteiger partial charge in [-0.1, -0.05) is 44.2 Å². The van der Waals surface area contributed by atoms with Gasteiger partial charge >= 0.3 is 0 Å². The molecule has 102 valence electrons. The molecule has 3 nitrogen and oxygen atoms in total. The fourth-order valence-electron chi connectivity index (χ4n) is 2.08. The van der Waals surface area contributed by atoms with Gasteiger partial charge < -0.3 is 9.88 Å². The average molecular weight is 257 g/mol. The van der Waals surface area contributed by atoms with E-state index in [1.165, 1.54) is 11.3 Å². The Kier molecular flexibility index (Phi) is 5.16. The molecule has 0 unspecified atom stereocenters. The highest BCUT2D eigenvalue weighted by Crippen LogP contribution is 2.05. The SMILES string of the molecule is CC(C)CNCc1cncn1CCc1ccccc1. The Morgan fingerprint density at radius 2 is 2.00 bits per heavy atom. The van der Waals surface area contributed by atoms with Crippen molar-refractivity contribution in [2.75, 3.05) is 6.54 Å². The van der Waals surface area contributed by atoms with Crippen molar-refractivity contribution in [3.8, 4) is 0 Å². The lowest BCUT2D eigenvalue weighted by atomic mass is 10.1. The Balaban J connectivity index is 1.85. The van der Waals surface area contributed by atoms with Crippen LogP contribution in [0.25, 0.3) is 0 Å². The summed E-state index contributed by atoms with van der Waals surface area (Å²) in [4.78, 5) is 4.26. The van der Waals surface area contributed by atoms with E-state index in [4.69, 9.17) is 0 Å². The average Bonchev–Trinajstić information content (AvgIpc) is 2.85. The molecule has 0 bridgehead atoms. The van der Waals surface area contributed by atoms with Crippen molar-refractivity contribution in [1.82, 2.24) is 14.9 Å². The predicted molar refractivity (Wildman–Crippen MR) is 78.9 cm³/mol. The first-order valence-electron chi connectivity index (χ1n) is 6.99. The number of benzene rings is 1. The smallest absolute Gasteiger partial charge is 0.0948 e. The second-order valence-electron chi connectivity index (χ2n) is 5.34. The number of imidazole rings is 1. The number of hydrogen-bond donors (Lipinski definition) is 1. The third-order valence-corrected chi connectivity index (χ3v) is 3.14. The lowest BCUT2D eigenvalue weighted by molar-refractivity contribution is 0.534. The van der Waals surface area contributed by atoms with Gasteiger partial charge in [0, 0.05) is 19.3 Å². The van der Waals surface area contributed by atoms with Gasteiger partial charge in [-0.25, -0.2) is 4.98 Å². The van der Waals surface area contributed by atoms with Gasteiger partial charge in [0.05, 0.1) is 12.0 Å². The minimum absolute atomic E-state index is 0.681. The Labute approximate surface area is 115 Å². The van der Waals surface area contributed by atoms with Gasteiger partial charge in [0.25, 0.3) is 0 Å². The van der Waals surface area contributed by atoms with Gasteiger partial charge in [-0.05, 0) is 24.4 Å². The van der Waals surface area contributed by atoms with Crippen molar-refractivity contribution in [1.29, 1.82) is 0 Å². The second-order valence-corrected chi connectivity index (χ2v) is 5.34. The first kappa shape index (κ1) is 13.8. The third kappa shape index (κ3) is 4.52. The van der Waals surface area contributed by atoms with Gasteiger partial charge in [-0.2, -0.15) is 0 Å². The van der Waals surface area contributed by atoms with Crippen LogP contribution < -0.4 is 5.32 Å². The number of aryl methyl sites for hydroxylation is 2. The zero-order valence-corrected chi connectivity index (χ0v) is 11.8. The number of rotatable bonds is 7. The standard InChI is InChI=1S/C16H23N3/c1-14(2)10-17-11-16-12-18-13-19(16)9-8-15-6-4-3-5-7-15/h3-7,12-14,17H,8-11H2,1-2H3. The number of nitrogens with zero attached hydrogens (tertiary/aromatic N) is 2. The summed E-state index contributed by atoms with van der Waals surface area (Å²) in [5, 5.41) is 3.46. The van der Waals surface area contributed by atoms with Gasteiger partial charge in [0.2, 0.25) is 0 Å². The maximum atomic E-state index is 4.26. The summed E-state index contributed by atoms with van der Waals surface area (Å²) in [5.41, 5.74) is 2.63. The summed E-state index contributed by atoms with van der Waals surface area (Å²) in [6.07, 6.45) is 4.93. The quantitative estimate of drug-likeness (QED) is 0.826. The third-order valence-electron chi connectivity index (χ3n) is 3.14. The summed E-state index contributed by atoms with van der Waals surface area (Å²) in [6, 6.07) is 10.6. The van der Waals surface area contributed by atoms with Gasteiger partial charge in [-0.3, -0.25) is 0 Å². The molecule has 0 saturated heterocycles. The molecule has 0 aliphatic heterocycles. The highest BCUT2D eigenvalue weighted by molar-refractivity contribution is 5.14. The van der Waals surface area contributed by atoms with Crippen molar-refractivity contribution >= 4 is 0 Å². The van der Waals surface area contributed by atoms with Crippen LogP contribution in [-0.2, 0) is 19.5 Å². The van der Waals surface area contributed by atoms with Crippen LogP contribution in [0.15, 0.2) is 42.9 Å². The van der Waals surface area contributed by atoms with E-state index < -0.39 is 0 Å². The monoisotopic (exact) mass is 257 g/mol. The van der Waals surface area contributed by atoms with E-state index in [0.29, 0.717) is 5.92 Å². The van der Waals surface area contributed by atoms with E-state index in [1.54, 1.807) is 0 Å². The molecule has 1 N–H and O–H groups in total. The Morgan fingerprint density at radius 3 is 2.74 bits per heavy atom. The Morgan fingerprint density at radius 1 is 1.21 bits per heavy atom. The highest BCUT2D eigenvalue weighted by Gasteiger charge is 2.02. The molecule has 2 aromatic rings. The maximum absolute atomic E-state index is 4.26. The van der Waals surface area contributed by atoms with E-state index in [1.807, 2.05) is 12.5 Å². The van der Waals surface area contributed by atoms with Crippen molar-refractivity contribution in [3.05, 3.63) is 54.1 Å². The molecule has 0 saturated carbocycles. The fourth-order valence-corrected chi connectivity index (χ4v) is 2.08. The molecule has 19 heavy (non-hydrogen) atoms. The molecular formula is C16H23N3. The van der Waals surface area contributed by atoms with Crippen LogP contribution in [0.4, 0.5) is 0 Å². The molecule has 0 atom stereocenters. The van der Waals surface area contributed by atoms with Crippen LogP contribution >= 0.6 is 0 Å². The molecule has 1 heterocycles. The summed E-state index contributed by atoms with van der Waals surface area (Å²) in [5.74, 6) is 0.681. The van der Waals surface area contributed by atoms with E-state index >= 15 is 0 Å². The summed E-state index contributed by atoms with van der Waals surface area (Å²) < 4.78 is 2.24. The predicted octanol–water partition coefficient (Wildman–Crippen LogP) is 2.87. The van der Waals surface area contributed by atoms with Crippen molar-refractivity contribution in [2.24, 2.45) is 5.92 Å². The van der Waals surface area contributed by atoms with Crippen LogP contribution in [0.5, 0.6) is 0 Å². The molecular weight excluding hydrogens is 234 g/mol. The molecule has 0 aliphatic rings. The first-order valence-corrected chi connectivity index (χ1v) is 6.99. The zero-order valence-electron chi connectivity index (χ0n) is 11.8. The lowest BCUT2D eigenvalue weighted by Crippen LogP contribution is -2.21. The molecule has 0 amide bonds. The molecule has 1 aromatic carbocycles. The van der Waals surface area contributed by atoms with E-state index in [9.17, 15) is 0 Å². The zero-order chi connectivity index (χ0) is 13.5. The van der Waals surface area contributed by atoms with Crippen molar-refractivity contribution < 1.29 is 0 Å². The molecule has 3 heteroatoms. The number of hydrogen-bond acceptors (Lipinski definition) is 2. The Bertz CT molecular complexity index is 474. The van der Waals surface area contributed by atoms with Gasteiger partial charge in [0.15, 0.2) is 0 Å². The summed E-state index contributed by atoms with van der Waals surface area (Å²) >= 11 is 0. The first-order chi connectivity index (χ1) is 9.25. The second kappa shape index (κ2) is 7.10. The maximum Gasteiger partial charge on any atom is 0.0948 e. The molecule has 0 fully saturated rings. The van der Waals surface area contributed by atoms with E-state index in [2.05, 4.69) is 59.0 Å². The van der Waals surface area contributed by atoms with E-state index in [-0.39, 0.29) is 0 Å². The van der Waals surface area contributed by atoms with Crippen molar-refractivity contribution in [2.45, 2.75) is 33.4 Å². The van der Waals surface area contributed by atoms with Crippen molar-refractivity contribution in [3.63, 3.8) is 0 Å². The van der Waals surface area contributed by atoms with Crippen LogP contribution in [-0.4, -0.2) is 16.1 Å². The fraction of sp³-hybridized carbons (Fsp3) is 0.438. The summed E-state index contributed by atoms with van der Waals surface area (Å²) in [7, 11) is 0. The molecule has 1 aromatic heterocycles. The van der Waals surface area contributed by atoms with Gasteiger partial charge in [-0.15, -0.1) is 0 Å². The topological polar surface area (TPSA) is 29.9 Å². The lowest BCUT2D eigenvalue weighted by Gasteiger charge is -2.10. The van der Waals surface area contributed by atoms with Crippen LogP contribution in [0.3, 0.4) is 0 Å². The molecule has 0 spiro atoms. The number of nitrogens with one attached hydrogen (secondary N) is 1. The van der Waals surface area contributed by atoms with Crippen LogP contribution in [0.1, 0.15) is 25.1 Å². The largest absolute Gasteiger partial charge is 0.333 e. The van der Waals surface area contributed by atoms with E-state index in [0.717, 1.165) is 26.1 Å². The highest BCUT2D eigenvalue weighted by atomic mass is 15.1. The number of aromatic nitrogens is 2. The molecule has 0 aliphatic carbocycles. The molecule has 2 rings (SSSR count). The van der Waals surface area contributed by atoms with Crippen LogP contribution in [0, 0.1) is 5.92 Å². The van der Waals surface area contributed by atoms with Crippen LogP contribution in [0.2, 0.25) is 0 Å². The normalized spacial score (nSPS) is 11.1. The Hall–Kier alpha value is -1.61. The summed E-state index contributed by atoms with van der Waals surface area (Å²) in [6.45, 7) is 7.37.